The molecule has 0 fully saturated rings. The molecule has 0 heterocycles. The van der Waals surface area contributed by atoms with Crippen LogP contribution in [-0.2, 0) is 0 Å². The molecule has 0 spiro atoms. The lowest BCUT2D eigenvalue weighted by atomic mass is 10.0. The summed E-state index contributed by atoms with van der Waals surface area (Å²) in [6, 6.07) is 8.59. The highest BCUT2D eigenvalue weighted by Gasteiger charge is 2.17. The summed E-state index contributed by atoms with van der Waals surface area (Å²) in [5.74, 6) is 0.654. The van der Waals surface area contributed by atoms with Gasteiger partial charge in [0.25, 0.3) is 0 Å². The maximum Gasteiger partial charge on any atom is 0.0478 e. The fourth-order valence-corrected chi connectivity index (χ4v) is 2.54. The SMILES string of the molecule is CC(C)CN(C)C(CN)c1ccccc1Br. The van der Waals surface area contributed by atoms with E-state index in [9.17, 15) is 0 Å². The molecule has 2 nitrogen and oxygen atoms in total. The van der Waals surface area contributed by atoms with E-state index in [4.69, 9.17) is 5.73 Å². The van der Waals surface area contributed by atoms with E-state index in [-0.39, 0.29) is 6.04 Å². The van der Waals surface area contributed by atoms with E-state index in [0.29, 0.717) is 12.5 Å². The fourth-order valence-electron chi connectivity index (χ4n) is 1.99. The molecule has 0 saturated carbocycles. The molecular formula is C13H21BrN2. The van der Waals surface area contributed by atoms with Crippen molar-refractivity contribution in [2.24, 2.45) is 11.7 Å². The topological polar surface area (TPSA) is 29.3 Å². The normalized spacial score (nSPS) is 13.4. The maximum absolute atomic E-state index is 5.89. The number of benzene rings is 1. The average molecular weight is 285 g/mol. The van der Waals surface area contributed by atoms with Crippen molar-refractivity contribution in [3.05, 3.63) is 34.3 Å². The van der Waals surface area contributed by atoms with Crippen molar-refractivity contribution in [2.45, 2.75) is 19.9 Å². The summed E-state index contributed by atoms with van der Waals surface area (Å²) in [7, 11) is 2.14. The maximum atomic E-state index is 5.89. The number of hydrogen-bond acceptors (Lipinski definition) is 2. The Hall–Kier alpha value is -0.380. The van der Waals surface area contributed by atoms with Crippen molar-refractivity contribution >= 4 is 15.9 Å². The summed E-state index contributed by atoms with van der Waals surface area (Å²) in [4.78, 5) is 2.32. The molecular weight excluding hydrogens is 264 g/mol. The summed E-state index contributed by atoms with van der Waals surface area (Å²) in [5.41, 5.74) is 7.16. The largest absolute Gasteiger partial charge is 0.329 e. The molecule has 3 heteroatoms. The van der Waals surface area contributed by atoms with Gasteiger partial charge >= 0.3 is 0 Å². The molecule has 1 aromatic carbocycles. The highest BCUT2D eigenvalue weighted by molar-refractivity contribution is 9.10. The molecule has 1 rings (SSSR count). The van der Waals surface area contributed by atoms with Crippen LogP contribution < -0.4 is 5.73 Å². The van der Waals surface area contributed by atoms with Crippen LogP contribution in [0.5, 0.6) is 0 Å². The molecule has 0 radical (unpaired) electrons. The van der Waals surface area contributed by atoms with Crippen LogP contribution in [0, 0.1) is 5.92 Å². The van der Waals surface area contributed by atoms with Crippen molar-refractivity contribution in [1.82, 2.24) is 4.90 Å². The number of likely N-dealkylation sites (N-methyl/N-ethyl adjacent to an activating group) is 1. The van der Waals surface area contributed by atoms with E-state index in [1.165, 1.54) is 5.56 Å². The lowest BCUT2D eigenvalue weighted by Gasteiger charge is -2.29. The van der Waals surface area contributed by atoms with Gasteiger partial charge in [-0.3, -0.25) is 4.90 Å². The third-order valence-electron chi connectivity index (χ3n) is 2.67. The highest BCUT2D eigenvalue weighted by Crippen LogP contribution is 2.26. The fraction of sp³-hybridized carbons (Fsp3) is 0.538. The zero-order valence-electron chi connectivity index (χ0n) is 10.3. The lowest BCUT2D eigenvalue weighted by Crippen LogP contribution is -2.33. The Labute approximate surface area is 107 Å². The minimum atomic E-state index is 0.290. The van der Waals surface area contributed by atoms with Gasteiger partial charge in [-0.15, -0.1) is 0 Å². The number of halogens is 1. The molecule has 90 valence electrons. The van der Waals surface area contributed by atoms with Crippen LogP contribution >= 0.6 is 15.9 Å². The second-order valence-electron chi connectivity index (χ2n) is 4.61. The van der Waals surface area contributed by atoms with Crippen molar-refractivity contribution in [3.8, 4) is 0 Å². The van der Waals surface area contributed by atoms with Gasteiger partial charge < -0.3 is 5.73 Å². The third-order valence-corrected chi connectivity index (χ3v) is 3.39. The molecule has 0 aliphatic carbocycles. The summed E-state index contributed by atoms with van der Waals surface area (Å²) in [6.07, 6.45) is 0. The van der Waals surface area contributed by atoms with Gasteiger partial charge in [0.15, 0.2) is 0 Å². The van der Waals surface area contributed by atoms with E-state index in [1.807, 2.05) is 6.07 Å². The second kappa shape index (κ2) is 6.38. The number of nitrogens with zero attached hydrogens (tertiary/aromatic N) is 1. The first-order chi connectivity index (χ1) is 7.56. The summed E-state index contributed by atoms with van der Waals surface area (Å²) < 4.78 is 1.14. The predicted molar refractivity (Wildman–Crippen MR) is 73.4 cm³/mol. The Balaban J connectivity index is 2.86. The summed E-state index contributed by atoms with van der Waals surface area (Å²) >= 11 is 3.59. The van der Waals surface area contributed by atoms with Crippen LogP contribution in [0.4, 0.5) is 0 Å². The first-order valence-corrected chi connectivity index (χ1v) is 6.50. The van der Waals surface area contributed by atoms with E-state index in [0.717, 1.165) is 11.0 Å². The van der Waals surface area contributed by atoms with Gasteiger partial charge in [0.2, 0.25) is 0 Å². The van der Waals surface area contributed by atoms with Crippen LogP contribution in [0.1, 0.15) is 25.5 Å². The van der Waals surface area contributed by atoms with E-state index >= 15 is 0 Å². The van der Waals surface area contributed by atoms with Crippen molar-refractivity contribution < 1.29 is 0 Å². The molecule has 0 aromatic heterocycles. The Morgan fingerprint density at radius 2 is 1.94 bits per heavy atom. The van der Waals surface area contributed by atoms with Crippen molar-refractivity contribution in [3.63, 3.8) is 0 Å². The monoisotopic (exact) mass is 284 g/mol. The van der Waals surface area contributed by atoms with E-state index in [2.05, 4.69) is 59.9 Å². The van der Waals surface area contributed by atoms with Gasteiger partial charge in [0.1, 0.15) is 0 Å². The molecule has 16 heavy (non-hydrogen) atoms. The van der Waals surface area contributed by atoms with E-state index < -0.39 is 0 Å². The lowest BCUT2D eigenvalue weighted by molar-refractivity contribution is 0.223. The van der Waals surface area contributed by atoms with Crippen molar-refractivity contribution in [2.75, 3.05) is 20.1 Å². The van der Waals surface area contributed by atoms with Crippen LogP contribution in [-0.4, -0.2) is 25.0 Å². The van der Waals surface area contributed by atoms with Crippen LogP contribution in [0.25, 0.3) is 0 Å². The molecule has 2 N–H and O–H groups in total. The predicted octanol–water partition coefficient (Wildman–Crippen LogP) is 3.04. The number of rotatable bonds is 5. The molecule has 1 unspecified atom stereocenters. The van der Waals surface area contributed by atoms with Crippen LogP contribution in [0.3, 0.4) is 0 Å². The van der Waals surface area contributed by atoms with Gasteiger partial charge in [-0.2, -0.15) is 0 Å². The molecule has 0 saturated heterocycles. The number of nitrogens with two attached hydrogens (primary N) is 1. The summed E-state index contributed by atoms with van der Waals surface area (Å²) in [5, 5.41) is 0. The van der Waals surface area contributed by atoms with Crippen LogP contribution in [0.15, 0.2) is 28.7 Å². The quantitative estimate of drug-likeness (QED) is 0.901. The van der Waals surface area contributed by atoms with E-state index in [1.54, 1.807) is 0 Å². The Morgan fingerprint density at radius 1 is 1.31 bits per heavy atom. The molecule has 1 aromatic rings. The zero-order chi connectivity index (χ0) is 12.1. The van der Waals surface area contributed by atoms with Gasteiger partial charge in [-0.05, 0) is 24.6 Å². The highest BCUT2D eigenvalue weighted by atomic mass is 79.9. The molecule has 0 bridgehead atoms. The minimum absolute atomic E-state index is 0.290. The van der Waals surface area contributed by atoms with Gasteiger partial charge in [-0.1, -0.05) is 48.0 Å². The summed E-state index contributed by atoms with van der Waals surface area (Å²) in [6.45, 7) is 6.16. The minimum Gasteiger partial charge on any atom is -0.329 e. The molecule has 0 amide bonds. The first kappa shape index (κ1) is 13.7. The molecule has 0 aliphatic heterocycles. The number of hydrogen-bond donors (Lipinski definition) is 1. The van der Waals surface area contributed by atoms with Gasteiger partial charge in [0, 0.05) is 23.6 Å². The second-order valence-corrected chi connectivity index (χ2v) is 5.46. The zero-order valence-corrected chi connectivity index (χ0v) is 11.9. The first-order valence-electron chi connectivity index (χ1n) is 5.71. The molecule has 0 aliphatic rings. The Bertz CT molecular complexity index is 325. The van der Waals surface area contributed by atoms with Gasteiger partial charge in [-0.25, -0.2) is 0 Å². The standard InChI is InChI=1S/C13H21BrN2/c1-10(2)9-16(3)13(8-15)11-6-4-5-7-12(11)14/h4-7,10,13H,8-9,15H2,1-3H3. The van der Waals surface area contributed by atoms with Crippen molar-refractivity contribution in [1.29, 1.82) is 0 Å². The Kier molecular flexibility index (Phi) is 5.46. The van der Waals surface area contributed by atoms with Crippen LogP contribution in [0.2, 0.25) is 0 Å². The third kappa shape index (κ3) is 3.58. The molecule has 1 atom stereocenters. The van der Waals surface area contributed by atoms with Gasteiger partial charge in [0.05, 0.1) is 0 Å². The average Bonchev–Trinajstić information content (AvgIpc) is 2.20. The smallest absolute Gasteiger partial charge is 0.0478 e. The Morgan fingerprint density at radius 3 is 2.44 bits per heavy atom.